The first kappa shape index (κ1) is 19.2. The van der Waals surface area contributed by atoms with Crippen LogP contribution >= 0.6 is 0 Å². The number of nitrogens with zero attached hydrogens (tertiary/aromatic N) is 1. The quantitative estimate of drug-likeness (QED) is 0.759. The summed E-state index contributed by atoms with van der Waals surface area (Å²) in [6, 6.07) is 1.11. The summed E-state index contributed by atoms with van der Waals surface area (Å²) in [5.41, 5.74) is -0.433. The van der Waals surface area contributed by atoms with Gasteiger partial charge in [-0.05, 0) is 60.4 Å². The first-order valence-corrected chi connectivity index (χ1v) is 8.76. The summed E-state index contributed by atoms with van der Waals surface area (Å²) in [6.07, 6.45) is 4.86. The highest BCUT2D eigenvalue weighted by Crippen LogP contribution is 2.12. The smallest absolute Gasteiger partial charge is 0.410 e. The number of nitrogens with one attached hydrogen (secondary N) is 2. The SMILES string of the molecule is CCN(CCNC(C)CC1CCCCN1)C(=O)OC(C)(C)C. The average molecular weight is 313 g/mol. The van der Waals surface area contributed by atoms with Crippen molar-refractivity contribution in [2.75, 3.05) is 26.2 Å². The van der Waals surface area contributed by atoms with Crippen LogP contribution in [0.5, 0.6) is 0 Å². The lowest BCUT2D eigenvalue weighted by Crippen LogP contribution is -2.44. The molecule has 1 aliphatic heterocycles. The van der Waals surface area contributed by atoms with Crippen molar-refractivity contribution in [2.24, 2.45) is 0 Å². The Morgan fingerprint density at radius 1 is 1.41 bits per heavy atom. The summed E-state index contributed by atoms with van der Waals surface area (Å²) < 4.78 is 5.42. The van der Waals surface area contributed by atoms with Gasteiger partial charge in [0.25, 0.3) is 0 Å². The molecule has 0 bridgehead atoms. The minimum atomic E-state index is -0.433. The zero-order chi connectivity index (χ0) is 16.6. The third-order valence-electron chi connectivity index (χ3n) is 3.96. The number of likely N-dealkylation sites (N-methyl/N-ethyl adjacent to an activating group) is 1. The molecule has 1 aliphatic rings. The van der Waals surface area contributed by atoms with E-state index in [1.54, 1.807) is 4.90 Å². The van der Waals surface area contributed by atoms with Crippen molar-refractivity contribution in [3.63, 3.8) is 0 Å². The molecule has 1 fully saturated rings. The summed E-state index contributed by atoms with van der Waals surface area (Å²) in [7, 11) is 0. The molecule has 1 saturated heterocycles. The second-order valence-electron chi connectivity index (χ2n) is 7.30. The van der Waals surface area contributed by atoms with Gasteiger partial charge in [0.15, 0.2) is 0 Å². The van der Waals surface area contributed by atoms with Crippen LogP contribution in [0.15, 0.2) is 0 Å². The fourth-order valence-electron chi connectivity index (χ4n) is 2.79. The minimum absolute atomic E-state index is 0.224. The lowest BCUT2D eigenvalue weighted by molar-refractivity contribution is 0.0261. The summed E-state index contributed by atoms with van der Waals surface area (Å²) in [6.45, 7) is 13.2. The number of piperidine rings is 1. The predicted molar refractivity (Wildman–Crippen MR) is 91.2 cm³/mol. The van der Waals surface area contributed by atoms with E-state index in [9.17, 15) is 4.79 Å². The molecule has 2 atom stereocenters. The van der Waals surface area contributed by atoms with Crippen LogP contribution in [-0.4, -0.2) is 54.9 Å². The van der Waals surface area contributed by atoms with E-state index >= 15 is 0 Å². The number of amides is 1. The molecular formula is C17H35N3O2. The van der Waals surface area contributed by atoms with Gasteiger partial charge in [-0.3, -0.25) is 0 Å². The standard InChI is InChI=1S/C17H35N3O2/c1-6-20(16(21)22-17(3,4)5)12-11-18-14(2)13-15-9-7-8-10-19-15/h14-15,18-19H,6-13H2,1-5H3. The van der Waals surface area contributed by atoms with Crippen molar-refractivity contribution in [1.29, 1.82) is 0 Å². The Hall–Kier alpha value is -0.810. The van der Waals surface area contributed by atoms with Gasteiger partial charge in [0.05, 0.1) is 0 Å². The fourth-order valence-corrected chi connectivity index (χ4v) is 2.79. The van der Waals surface area contributed by atoms with Crippen LogP contribution < -0.4 is 10.6 Å². The normalized spacial score (nSPS) is 20.5. The second kappa shape index (κ2) is 9.36. The first-order valence-electron chi connectivity index (χ1n) is 8.76. The summed E-state index contributed by atoms with van der Waals surface area (Å²) >= 11 is 0. The van der Waals surface area contributed by atoms with Crippen molar-refractivity contribution < 1.29 is 9.53 Å². The molecule has 0 aromatic carbocycles. The molecule has 0 saturated carbocycles. The van der Waals surface area contributed by atoms with Gasteiger partial charge in [-0.2, -0.15) is 0 Å². The number of hydrogen-bond acceptors (Lipinski definition) is 4. The zero-order valence-electron chi connectivity index (χ0n) is 15.1. The molecule has 2 unspecified atom stereocenters. The Labute approximate surface area is 136 Å². The van der Waals surface area contributed by atoms with Crippen LogP contribution in [0, 0.1) is 0 Å². The summed E-state index contributed by atoms with van der Waals surface area (Å²) in [5.74, 6) is 0. The molecule has 0 aromatic heterocycles. The molecular weight excluding hydrogens is 278 g/mol. The van der Waals surface area contributed by atoms with Crippen LogP contribution in [0.3, 0.4) is 0 Å². The van der Waals surface area contributed by atoms with Gasteiger partial charge < -0.3 is 20.3 Å². The van der Waals surface area contributed by atoms with E-state index in [1.807, 2.05) is 27.7 Å². The molecule has 0 aromatic rings. The lowest BCUT2D eigenvalue weighted by Gasteiger charge is -2.28. The molecule has 5 heteroatoms. The molecule has 1 heterocycles. The fraction of sp³-hybridized carbons (Fsp3) is 0.941. The van der Waals surface area contributed by atoms with Crippen molar-refractivity contribution in [3.05, 3.63) is 0 Å². The van der Waals surface area contributed by atoms with Crippen molar-refractivity contribution in [3.8, 4) is 0 Å². The Balaban J connectivity index is 2.23. The number of rotatable bonds is 7. The molecule has 0 radical (unpaired) electrons. The summed E-state index contributed by atoms with van der Waals surface area (Å²) in [5, 5.41) is 7.10. The van der Waals surface area contributed by atoms with Crippen LogP contribution in [-0.2, 0) is 4.74 Å². The molecule has 0 aliphatic carbocycles. The van der Waals surface area contributed by atoms with Crippen LogP contribution in [0.1, 0.15) is 60.3 Å². The maximum atomic E-state index is 12.0. The van der Waals surface area contributed by atoms with E-state index in [2.05, 4.69) is 17.6 Å². The van der Waals surface area contributed by atoms with E-state index in [-0.39, 0.29) is 6.09 Å². The van der Waals surface area contributed by atoms with Gasteiger partial charge in [0, 0.05) is 31.7 Å². The van der Waals surface area contributed by atoms with Gasteiger partial charge >= 0.3 is 6.09 Å². The highest BCUT2D eigenvalue weighted by molar-refractivity contribution is 5.68. The lowest BCUT2D eigenvalue weighted by atomic mass is 9.99. The highest BCUT2D eigenvalue weighted by atomic mass is 16.6. The Bertz CT molecular complexity index is 322. The monoisotopic (exact) mass is 313 g/mol. The minimum Gasteiger partial charge on any atom is -0.444 e. The molecule has 0 spiro atoms. The third-order valence-corrected chi connectivity index (χ3v) is 3.96. The van der Waals surface area contributed by atoms with Crippen molar-refractivity contribution >= 4 is 6.09 Å². The molecule has 1 rings (SSSR count). The first-order chi connectivity index (χ1) is 10.3. The summed E-state index contributed by atoms with van der Waals surface area (Å²) in [4.78, 5) is 13.8. The van der Waals surface area contributed by atoms with Gasteiger partial charge in [-0.1, -0.05) is 6.42 Å². The Morgan fingerprint density at radius 2 is 2.14 bits per heavy atom. The molecule has 22 heavy (non-hydrogen) atoms. The number of ether oxygens (including phenoxy) is 1. The molecule has 1 amide bonds. The third kappa shape index (κ3) is 7.99. The maximum absolute atomic E-state index is 12.0. The topological polar surface area (TPSA) is 53.6 Å². The zero-order valence-corrected chi connectivity index (χ0v) is 15.1. The average Bonchev–Trinajstić information content (AvgIpc) is 2.42. The number of carbonyl (C=O) groups is 1. The van der Waals surface area contributed by atoms with Crippen molar-refractivity contribution in [2.45, 2.75) is 78.0 Å². The van der Waals surface area contributed by atoms with Crippen LogP contribution in [0.4, 0.5) is 4.79 Å². The van der Waals surface area contributed by atoms with E-state index in [1.165, 1.54) is 19.3 Å². The van der Waals surface area contributed by atoms with E-state index < -0.39 is 5.60 Å². The second-order valence-corrected chi connectivity index (χ2v) is 7.30. The number of hydrogen-bond donors (Lipinski definition) is 2. The van der Waals surface area contributed by atoms with Crippen molar-refractivity contribution in [1.82, 2.24) is 15.5 Å². The van der Waals surface area contributed by atoms with E-state index in [4.69, 9.17) is 4.74 Å². The predicted octanol–water partition coefficient (Wildman–Crippen LogP) is 2.75. The van der Waals surface area contributed by atoms with E-state index in [0.29, 0.717) is 25.2 Å². The van der Waals surface area contributed by atoms with Crippen LogP contribution in [0.25, 0.3) is 0 Å². The highest BCUT2D eigenvalue weighted by Gasteiger charge is 2.21. The Kier molecular flexibility index (Phi) is 8.18. The molecule has 2 N–H and O–H groups in total. The van der Waals surface area contributed by atoms with Gasteiger partial charge in [0.1, 0.15) is 5.60 Å². The molecule has 130 valence electrons. The van der Waals surface area contributed by atoms with Gasteiger partial charge in [-0.15, -0.1) is 0 Å². The van der Waals surface area contributed by atoms with E-state index in [0.717, 1.165) is 19.5 Å². The Morgan fingerprint density at radius 3 is 2.68 bits per heavy atom. The van der Waals surface area contributed by atoms with Crippen LogP contribution in [0.2, 0.25) is 0 Å². The van der Waals surface area contributed by atoms with Gasteiger partial charge in [0.2, 0.25) is 0 Å². The largest absolute Gasteiger partial charge is 0.444 e. The molecule has 5 nitrogen and oxygen atoms in total. The number of carbonyl (C=O) groups excluding carboxylic acids is 1. The maximum Gasteiger partial charge on any atom is 0.410 e. The van der Waals surface area contributed by atoms with Gasteiger partial charge in [-0.25, -0.2) is 4.79 Å².